The highest BCUT2D eigenvalue weighted by Crippen LogP contribution is 2.21. The van der Waals surface area contributed by atoms with Gasteiger partial charge in [0.05, 0.1) is 12.5 Å². The first-order valence-electron chi connectivity index (χ1n) is 22.8. The highest BCUT2D eigenvalue weighted by atomic mass is 16.6. The number of nitrogens with one attached hydrogen (secondary N) is 4. The van der Waals surface area contributed by atoms with E-state index in [4.69, 9.17) is 18.9 Å². The highest BCUT2D eigenvalue weighted by Gasteiger charge is 2.25. The molecule has 0 radical (unpaired) electrons. The standard InChI is InChI=1S/C48H75N5O9/c1-6-8-10-12-13-23-31-40(30-22-11-9-7-2)43(55)59-35-25-15-14-24-33-49-42(54)41(51-47(58)62-48(3,4)5)32-34-50-44(52-45(56)60-36-38-26-18-16-19-27-38)53-46(57)61-37-39-28-20-17-21-29-39/h16-21,26-29,40-41H,6-15,22-25,30-37H2,1-5H3,(H,49,54)(H,51,58)(H2,50,52,53,56,57)/t40?,41-/m0/s1. The van der Waals surface area contributed by atoms with Crippen LogP contribution in [0.5, 0.6) is 0 Å². The van der Waals surface area contributed by atoms with E-state index < -0.39 is 35.8 Å². The first-order valence-corrected chi connectivity index (χ1v) is 22.8. The summed E-state index contributed by atoms with van der Waals surface area (Å²) < 4.78 is 21.7. The SMILES string of the molecule is CCCCCCCCC(CCCCCC)C(=O)OCCCCCCNC(=O)[C@H](CCN/C(=N\C(=O)OCc1ccccc1)NC(=O)OCc1ccccc1)NC(=O)OC(C)(C)C. The van der Waals surface area contributed by atoms with E-state index >= 15 is 0 Å². The summed E-state index contributed by atoms with van der Waals surface area (Å²) in [5, 5.41) is 10.8. The molecule has 4 amide bonds. The third kappa shape index (κ3) is 26.9. The van der Waals surface area contributed by atoms with Gasteiger partial charge in [0.25, 0.3) is 0 Å². The number of guanidine groups is 1. The second kappa shape index (κ2) is 32.6. The van der Waals surface area contributed by atoms with Crippen molar-refractivity contribution in [2.24, 2.45) is 10.9 Å². The van der Waals surface area contributed by atoms with Crippen molar-refractivity contribution >= 4 is 36.1 Å². The molecule has 0 aliphatic rings. The Morgan fingerprint density at radius 1 is 0.597 bits per heavy atom. The second-order valence-corrected chi connectivity index (χ2v) is 16.6. The molecule has 0 aliphatic heterocycles. The van der Waals surface area contributed by atoms with Gasteiger partial charge >= 0.3 is 24.2 Å². The van der Waals surface area contributed by atoms with E-state index in [-0.39, 0.29) is 44.0 Å². The zero-order valence-electron chi connectivity index (χ0n) is 38.1. The summed E-state index contributed by atoms with van der Waals surface area (Å²) >= 11 is 0. The maximum absolute atomic E-state index is 13.4. The molecule has 2 atom stereocenters. The first kappa shape index (κ1) is 53.0. The van der Waals surface area contributed by atoms with Gasteiger partial charge in [0.1, 0.15) is 24.9 Å². The maximum atomic E-state index is 13.4. The fraction of sp³-hybridized carbons (Fsp3) is 0.625. The number of hydrogen-bond donors (Lipinski definition) is 4. The normalized spacial score (nSPS) is 12.4. The number of alkyl carbamates (subject to hydrolysis) is 2. The van der Waals surface area contributed by atoms with E-state index in [9.17, 15) is 24.0 Å². The van der Waals surface area contributed by atoms with E-state index in [1.165, 1.54) is 44.9 Å². The average Bonchev–Trinajstić information content (AvgIpc) is 3.24. The number of carbonyl (C=O) groups excluding carboxylic acids is 5. The third-order valence-electron chi connectivity index (χ3n) is 9.83. The van der Waals surface area contributed by atoms with Gasteiger partial charge in [-0.3, -0.25) is 14.9 Å². The van der Waals surface area contributed by atoms with Crippen molar-refractivity contribution in [3.8, 4) is 0 Å². The van der Waals surface area contributed by atoms with Crippen molar-refractivity contribution in [3.05, 3.63) is 71.8 Å². The number of amides is 4. The summed E-state index contributed by atoms with van der Waals surface area (Å²) in [4.78, 5) is 68.4. The lowest BCUT2D eigenvalue weighted by atomic mass is 9.94. The van der Waals surface area contributed by atoms with Crippen LogP contribution in [0.3, 0.4) is 0 Å². The molecular formula is C48H75N5O9. The van der Waals surface area contributed by atoms with Crippen LogP contribution < -0.4 is 21.3 Å². The minimum absolute atomic E-state index is 0.00504. The van der Waals surface area contributed by atoms with E-state index in [1.807, 2.05) is 36.4 Å². The number of unbranched alkanes of at least 4 members (excludes halogenated alkanes) is 11. The topological polar surface area (TPSA) is 183 Å². The molecule has 0 aliphatic carbocycles. The van der Waals surface area contributed by atoms with E-state index in [2.05, 4.69) is 40.1 Å². The zero-order valence-corrected chi connectivity index (χ0v) is 38.1. The van der Waals surface area contributed by atoms with Gasteiger partial charge in [-0.2, -0.15) is 0 Å². The second-order valence-electron chi connectivity index (χ2n) is 16.6. The summed E-state index contributed by atoms with van der Waals surface area (Å²) in [5.41, 5.74) is 0.708. The average molecular weight is 866 g/mol. The Morgan fingerprint density at radius 3 is 1.76 bits per heavy atom. The van der Waals surface area contributed by atoms with Crippen molar-refractivity contribution in [2.75, 3.05) is 19.7 Å². The summed E-state index contributed by atoms with van der Waals surface area (Å²) in [6.07, 6.45) is 14.1. The molecule has 14 heteroatoms. The number of ether oxygens (including phenoxy) is 4. The van der Waals surface area contributed by atoms with Crippen LogP contribution in [0.1, 0.15) is 155 Å². The van der Waals surface area contributed by atoms with Crippen molar-refractivity contribution in [3.63, 3.8) is 0 Å². The predicted octanol–water partition coefficient (Wildman–Crippen LogP) is 10.0. The van der Waals surface area contributed by atoms with E-state index in [0.717, 1.165) is 62.5 Å². The van der Waals surface area contributed by atoms with Crippen LogP contribution in [0.2, 0.25) is 0 Å². The summed E-state index contributed by atoms with van der Waals surface area (Å²) in [6.45, 7) is 10.3. The van der Waals surface area contributed by atoms with Crippen LogP contribution in [0, 0.1) is 5.92 Å². The molecule has 0 bridgehead atoms. The molecular weight excluding hydrogens is 791 g/mol. The van der Waals surface area contributed by atoms with Crippen LogP contribution in [0.25, 0.3) is 0 Å². The number of aliphatic imine (C=N–C) groups is 1. The Balaban J connectivity index is 1.90. The minimum Gasteiger partial charge on any atom is -0.465 e. The Hall–Kier alpha value is -5.14. The lowest BCUT2D eigenvalue weighted by Gasteiger charge is -2.23. The molecule has 2 aromatic carbocycles. The molecule has 2 rings (SSSR count). The Morgan fingerprint density at radius 2 is 1.15 bits per heavy atom. The Labute approximate surface area is 370 Å². The smallest absolute Gasteiger partial charge is 0.437 e. The molecule has 0 fully saturated rings. The largest absolute Gasteiger partial charge is 0.465 e. The molecule has 4 N–H and O–H groups in total. The quantitative estimate of drug-likeness (QED) is 0.0202. The summed E-state index contributed by atoms with van der Waals surface area (Å²) in [6, 6.07) is 17.1. The molecule has 62 heavy (non-hydrogen) atoms. The summed E-state index contributed by atoms with van der Waals surface area (Å²) in [5.74, 6) is -0.786. The van der Waals surface area contributed by atoms with Gasteiger partial charge in [0.2, 0.25) is 11.9 Å². The fourth-order valence-corrected chi connectivity index (χ4v) is 6.44. The van der Waals surface area contributed by atoms with Crippen LogP contribution in [0.4, 0.5) is 14.4 Å². The van der Waals surface area contributed by atoms with Crippen LogP contribution >= 0.6 is 0 Å². The molecule has 0 aromatic heterocycles. The summed E-state index contributed by atoms with van der Waals surface area (Å²) in [7, 11) is 0. The minimum atomic E-state index is -1.03. The number of nitrogens with zero attached hydrogens (tertiary/aromatic N) is 1. The van der Waals surface area contributed by atoms with Gasteiger partial charge in [-0.25, -0.2) is 14.4 Å². The molecule has 2 aromatic rings. The van der Waals surface area contributed by atoms with Crippen molar-refractivity contribution in [2.45, 2.75) is 169 Å². The van der Waals surface area contributed by atoms with Gasteiger partial charge in [0.15, 0.2) is 0 Å². The van der Waals surface area contributed by atoms with Crippen molar-refractivity contribution in [1.82, 2.24) is 21.3 Å². The van der Waals surface area contributed by atoms with Gasteiger partial charge in [-0.15, -0.1) is 4.99 Å². The monoisotopic (exact) mass is 866 g/mol. The van der Waals surface area contributed by atoms with Gasteiger partial charge in [0, 0.05) is 13.1 Å². The predicted molar refractivity (Wildman–Crippen MR) is 242 cm³/mol. The molecule has 1 unspecified atom stereocenters. The van der Waals surface area contributed by atoms with Gasteiger partial charge in [-0.1, -0.05) is 145 Å². The van der Waals surface area contributed by atoms with E-state index in [1.54, 1.807) is 45.0 Å². The lowest BCUT2D eigenvalue weighted by molar-refractivity contribution is -0.149. The van der Waals surface area contributed by atoms with Crippen LogP contribution in [0.15, 0.2) is 65.7 Å². The third-order valence-corrected chi connectivity index (χ3v) is 9.83. The lowest BCUT2D eigenvalue weighted by Crippen LogP contribution is -2.50. The molecule has 0 saturated carbocycles. The molecule has 0 spiro atoms. The molecule has 0 heterocycles. The molecule has 0 saturated heterocycles. The molecule has 346 valence electrons. The Bertz CT molecular complexity index is 1580. The number of esters is 1. The van der Waals surface area contributed by atoms with Crippen LogP contribution in [-0.4, -0.2) is 67.5 Å². The van der Waals surface area contributed by atoms with Gasteiger partial charge in [-0.05, 0) is 70.4 Å². The van der Waals surface area contributed by atoms with Crippen LogP contribution in [-0.2, 0) is 41.8 Å². The number of rotatable bonds is 29. The number of benzene rings is 2. The zero-order chi connectivity index (χ0) is 45.3. The van der Waals surface area contributed by atoms with Crippen molar-refractivity contribution in [1.29, 1.82) is 0 Å². The molecule has 14 nitrogen and oxygen atoms in total. The maximum Gasteiger partial charge on any atom is 0.437 e. The van der Waals surface area contributed by atoms with Crippen molar-refractivity contribution < 1.29 is 42.9 Å². The van der Waals surface area contributed by atoms with E-state index in [0.29, 0.717) is 19.6 Å². The fourth-order valence-electron chi connectivity index (χ4n) is 6.44. The number of carbonyl (C=O) groups is 5. The number of hydrogen-bond acceptors (Lipinski definition) is 9. The highest BCUT2D eigenvalue weighted by molar-refractivity contribution is 5.98. The Kier molecular flexibility index (Phi) is 27.8. The van der Waals surface area contributed by atoms with Gasteiger partial charge < -0.3 is 34.9 Å². The first-order chi connectivity index (χ1) is 29.9.